The van der Waals surface area contributed by atoms with E-state index in [2.05, 4.69) is 64.8 Å². The predicted octanol–water partition coefficient (Wildman–Crippen LogP) is 5.98. The molecule has 27 heavy (non-hydrogen) atoms. The minimum absolute atomic E-state index is 0.844. The fourth-order valence-electron chi connectivity index (χ4n) is 3.27. The second-order valence-electron chi connectivity index (χ2n) is 6.37. The van der Waals surface area contributed by atoms with Crippen molar-refractivity contribution in [1.82, 2.24) is 9.97 Å². The first-order chi connectivity index (χ1) is 13.2. The Morgan fingerprint density at radius 3 is 2.63 bits per heavy atom. The number of benzene rings is 2. The molecule has 0 aliphatic rings. The van der Waals surface area contributed by atoms with Gasteiger partial charge in [0.05, 0.1) is 12.5 Å². The molecule has 5 heteroatoms. The Hall–Kier alpha value is -2.92. The van der Waals surface area contributed by atoms with Crippen molar-refractivity contribution >= 4 is 33.1 Å². The molecule has 4 nitrogen and oxygen atoms in total. The van der Waals surface area contributed by atoms with Crippen LogP contribution in [0.3, 0.4) is 0 Å². The van der Waals surface area contributed by atoms with Crippen molar-refractivity contribution in [3.05, 3.63) is 65.3 Å². The number of hydrogen-bond acceptors (Lipinski definition) is 5. The zero-order valence-electron chi connectivity index (χ0n) is 15.6. The van der Waals surface area contributed by atoms with Crippen LogP contribution < -0.4 is 10.1 Å². The number of thiophene rings is 1. The van der Waals surface area contributed by atoms with E-state index in [1.165, 1.54) is 11.1 Å². The molecular weight excluding hydrogens is 354 g/mol. The SMILES string of the molecule is CCc1cccc(C)c1Nc1ncnc2scc(-c3ccc(OC)cc3)c12. The molecule has 0 bridgehead atoms. The number of nitrogens with one attached hydrogen (secondary N) is 1. The second-order valence-corrected chi connectivity index (χ2v) is 7.23. The Labute approximate surface area is 162 Å². The molecule has 0 aliphatic carbocycles. The molecule has 2 aromatic heterocycles. The minimum Gasteiger partial charge on any atom is -0.497 e. The number of methoxy groups -OCH3 is 1. The van der Waals surface area contributed by atoms with Gasteiger partial charge in [-0.25, -0.2) is 9.97 Å². The zero-order valence-corrected chi connectivity index (χ0v) is 16.4. The average molecular weight is 375 g/mol. The topological polar surface area (TPSA) is 47.0 Å². The van der Waals surface area contributed by atoms with Gasteiger partial charge in [0.25, 0.3) is 0 Å². The summed E-state index contributed by atoms with van der Waals surface area (Å²) in [4.78, 5) is 10.0. The Kier molecular flexibility index (Phi) is 4.77. The maximum Gasteiger partial charge on any atom is 0.143 e. The van der Waals surface area contributed by atoms with Gasteiger partial charge in [0.1, 0.15) is 22.7 Å². The number of anilines is 2. The Bertz CT molecular complexity index is 1090. The van der Waals surface area contributed by atoms with Crippen LogP contribution in [0.25, 0.3) is 21.3 Å². The lowest BCUT2D eigenvalue weighted by molar-refractivity contribution is 0.415. The number of aromatic nitrogens is 2. The summed E-state index contributed by atoms with van der Waals surface area (Å²) < 4.78 is 5.28. The summed E-state index contributed by atoms with van der Waals surface area (Å²) in [7, 11) is 1.68. The smallest absolute Gasteiger partial charge is 0.143 e. The molecule has 0 aliphatic heterocycles. The Morgan fingerprint density at radius 1 is 1.07 bits per heavy atom. The first-order valence-electron chi connectivity index (χ1n) is 8.93. The van der Waals surface area contributed by atoms with Gasteiger partial charge in [-0.2, -0.15) is 0 Å². The number of rotatable bonds is 5. The molecule has 0 fully saturated rings. The fourth-order valence-corrected chi connectivity index (χ4v) is 4.19. The van der Waals surface area contributed by atoms with Crippen LogP contribution in [0.15, 0.2) is 54.2 Å². The summed E-state index contributed by atoms with van der Waals surface area (Å²) >= 11 is 1.64. The fraction of sp³-hybridized carbons (Fsp3) is 0.182. The summed E-state index contributed by atoms with van der Waals surface area (Å²) in [6.07, 6.45) is 2.59. The lowest BCUT2D eigenvalue weighted by Crippen LogP contribution is -2.01. The molecule has 0 spiro atoms. The van der Waals surface area contributed by atoms with E-state index in [0.717, 1.165) is 45.0 Å². The lowest BCUT2D eigenvalue weighted by Gasteiger charge is -2.14. The monoisotopic (exact) mass is 375 g/mol. The minimum atomic E-state index is 0.844. The van der Waals surface area contributed by atoms with Gasteiger partial charge in [-0.15, -0.1) is 11.3 Å². The van der Waals surface area contributed by atoms with E-state index in [9.17, 15) is 0 Å². The maximum absolute atomic E-state index is 5.28. The van der Waals surface area contributed by atoms with E-state index in [1.54, 1.807) is 24.8 Å². The molecule has 0 unspecified atom stereocenters. The highest BCUT2D eigenvalue weighted by Crippen LogP contribution is 2.38. The van der Waals surface area contributed by atoms with Gasteiger partial charge in [0, 0.05) is 16.6 Å². The average Bonchev–Trinajstić information content (AvgIpc) is 3.14. The van der Waals surface area contributed by atoms with Crippen molar-refractivity contribution in [2.75, 3.05) is 12.4 Å². The summed E-state index contributed by atoms with van der Waals surface area (Å²) in [6, 6.07) is 14.5. The summed E-state index contributed by atoms with van der Waals surface area (Å²) in [6.45, 7) is 4.29. The van der Waals surface area contributed by atoms with E-state index in [0.29, 0.717) is 0 Å². The van der Waals surface area contributed by atoms with E-state index in [1.807, 2.05) is 12.1 Å². The molecule has 2 heterocycles. The molecule has 2 aromatic carbocycles. The third kappa shape index (κ3) is 3.26. The molecule has 0 atom stereocenters. The maximum atomic E-state index is 5.28. The largest absolute Gasteiger partial charge is 0.497 e. The number of aryl methyl sites for hydroxylation is 2. The van der Waals surface area contributed by atoms with Crippen molar-refractivity contribution in [3.8, 4) is 16.9 Å². The second kappa shape index (κ2) is 7.37. The molecular formula is C22H21N3OS. The van der Waals surface area contributed by atoms with Crippen LogP contribution in [-0.2, 0) is 6.42 Å². The molecule has 136 valence electrons. The Morgan fingerprint density at radius 2 is 1.89 bits per heavy atom. The van der Waals surface area contributed by atoms with Gasteiger partial charge in [-0.05, 0) is 42.2 Å². The third-order valence-corrected chi connectivity index (χ3v) is 5.64. The van der Waals surface area contributed by atoms with Gasteiger partial charge in [0.15, 0.2) is 0 Å². The normalized spacial score (nSPS) is 10.9. The number of para-hydroxylation sites is 1. The number of hydrogen-bond donors (Lipinski definition) is 1. The van der Waals surface area contributed by atoms with E-state index >= 15 is 0 Å². The summed E-state index contributed by atoms with van der Waals surface area (Å²) in [5.41, 5.74) is 5.88. The van der Waals surface area contributed by atoms with Crippen molar-refractivity contribution in [2.45, 2.75) is 20.3 Å². The summed E-state index contributed by atoms with van der Waals surface area (Å²) in [5.74, 6) is 1.69. The lowest BCUT2D eigenvalue weighted by atomic mass is 10.0. The first-order valence-corrected chi connectivity index (χ1v) is 9.81. The van der Waals surface area contributed by atoms with Crippen molar-refractivity contribution < 1.29 is 4.74 Å². The molecule has 4 rings (SSSR count). The van der Waals surface area contributed by atoms with Crippen LogP contribution in [0.4, 0.5) is 11.5 Å². The Balaban J connectivity index is 1.84. The molecule has 0 amide bonds. The van der Waals surface area contributed by atoms with E-state index in [-0.39, 0.29) is 0 Å². The van der Waals surface area contributed by atoms with E-state index < -0.39 is 0 Å². The van der Waals surface area contributed by atoms with Gasteiger partial charge in [-0.1, -0.05) is 37.3 Å². The highest BCUT2D eigenvalue weighted by molar-refractivity contribution is 7.17. The number of nitrogens with zero attached hydrogens (tertiary/aromatic N) is 2. The highest BCUT2D eigenvalue weighted by Gasteiger charge is 2.15. The number of fused-ring (bicyclic) bond motifs is 1. The highest BCUT2D eigenvalue weighted by atomic mass is 32.1. The number of ether oxygens (including phenoxy) is 1. The van der Waals surface area contributed by atoms with Crippen molar-refractivity contribution in [2.24, 2.45) is 0 Å². The van der Waals surface area contributed by atoms with Crippen LogP contribution in [0.2, 0.25) is 0 Å². The van der Waals surface area contributed by atoms with Crippen molar-refractivity contribution in [1.29, 1.82) is 0 Å². The van der Waals surface area contributed by atoms with Crippen LogP contribution in [0.5, 0.6) is 5.75 Å². The van der Waals surface area contributed by atoms with Gasteiger partial charge >= 0.3 is 0 Å². The standard InChI is InChI=1S/C22H21N3OS/c1-4-15-7-5-6-14(2)20(15)25-21-19-18(12-27-22(19)24-13-23-21)16-8-10-17(26-3)11-9-16/h5-13H,4H2,1-3H3,(H,23,24,25). The molecule has 1 N–H and O–H groups in total. The third-order valence-electron chi connectivity index (χ3n) is 4.75. The molecule has 4 aromatic rings. The van der Waals surface area contributed by atoms with E-state index in [4.69, 9.17) is 4.74 Å². The molecule has 0 saturated carbocycles. The van der Waals surface area contributed by atoms with Crippen molar-refractivity contribution in [3.63, 3.8) is 0 Å². The molecule has 0 radical (unpaired) electrons. The van der Waals surface area contributed by atoms with Crippen LogP contribution >= 0.6 is 11.3 Å². The first kappa shape index (κ1) is 17.5. The zero-order chi connectivity index (χ0) is 18.8. The van der Waals surface area contributed by atoms with Gasteiger partial charge in [-0.3, -0.25) is 0 Å². The molecule has 0 saturated heterocycles. The van der Waals surface area contributed by atoms with Crippen LogP contribution in [0.1, 0.15) is 18.1 Å². The van der Waals surface area contributed by atoms with Crippen LogP contribution in [-0.4, -0.2) is 17.1 Å². The quantitative estimate of drug-likeness (QED) is 0.466. The summed E-state index contributed by atoms with van der Waals surface area (Å²) in [5, 5.41) is 6.78. The van der Waals surface area contributed by atoms with Crippen LogP contribution in [0, 0.1) is 6.92 Å². The van der Waals surface area contributed by atoms with Gasteiger partial charge in [0.2, 0.25) is 0 Å². The predicted molar refractivity (Wildman–Crippen MR) is 113 cm³/mol. The van der Waals surface area contributed by atoms with Gasteiger partial charge < -0.3 is 10.1 Å².